The topological polar surface area (TPSA) is 64.3 Å². The standard InChI is InChI=1S/C15H15ClN2O2/c1-2-20-15(19)13-9-11(17)6-7-14(13)18-12-5-3-4-10(16)8-12/h3-9,18H,2,17H2,1H3. The van der Waals surface area contributed by atoms with Crippen molar-refractivity contribution in [3.63, 3.8) is 0 Å². The maximum Gasteiger partial charge on any atom is 0.340 e. The summed E-state index contributed by atoms with van der Waals surface area (Å²) >= 11 is 5.94. The highest BCUT2D eigenvalue weighted by Crippen LogP contribution is 2.25. The summed E-state index contributed by atoms with van der Waals surface area (Å²) in [7, 11) is 0. The first kappa shape index (κ1) is 14.2. The van der Waals surface area contributed by atoms with E-state index in [1.165, 1.54) is 0 Å². The smallest absolute Gasteiger partial charge is 0.340 e. The number of carbonyl (C=O) groups excluding carboxylic acids is 1. The molecule has 0 radical (unpaired) electrons. The number of hydrogen-bond acceptors (Lipinski definition) is 4. The molecule has 0 saturated carbocycles. The fourth-order valence-corrected chi connectivity index (χ4v) is 1.96. The first-order chi connectivity index (χ1) is 9.60. The Morgan fingerprint density at radius 1 is 1.30 bits per heavy atom. The summed E-state index contributed by atoms with van der Waals surface area (Å²) in [4.78, 5) is 11.9. The van der Waals surface area contributed by atoms with Crippen molar-refractivity contribution < 1.29 is 9.53 Å². The van der Waals surface area contributed by atoms with Gasteiger partial charge in [-0.15, -0.1) is 0 Å². The molecule has 0 aliphatic heterocycles. The summed E-state index contributed by atoms with van der Waals surface area (Å²) in [6, 6.07) is 12.3. The van der Waals surface area contributed by atoms with Crippen LogP contribution in [0.25, 0.3) is 0 Å². The number of esters is 1. The largest absolute Gasteiger partial charge is 0.462 e. The van der Waals surface area contributed by atoms with E-state index in [0.717, 1.165) is 5.69 Å². The van der Waals surface area contributed by atoms with Gasteiger partial charge in [-0.3, -0.25) is 0 Å². The van der Waals surface area contributed by atoms with Gasteiger partial charge in [-0.2, -0.15) is 0 Å². The highest BCUT2D eigenvalue weighted by Gasteiger charge is 2.13. The number of halogens is 1. The van der Waals surface area contributed by atoms with Gasteiger partial charge in [-0.25, -0.2) is 4.79 Å². The molecule has 0 aliphatic carbocycles. The minimum Gasteiger partial charge on any atom is -0.462 e. The highest BCUT2D eigenvalue weighted by atomic mass is 35.5. The van der Waals surface area contributed by atoms with Crippen LogP contribution < -0.4 is 11.1 Å². The van der Waals surface area contributed by atoms with Crippen molar-refractivity contribution in [1.82, 2.24) is 0 Å². The average molecular weight is 291 g/mol. The Hall–Kier alpha value is -2.20. The second kappa shape index (κ2) is 6.30. The van der Waals surface area contributed by atoms with Gasteiger partial charge in [0.1, 0.15) is 0 Å². The number of rotatable bonds is 4. The molecule has 5 heteroatoms. The van der Waals surface area contributed by atoms with Crippen molar-refractivity contribution in [2.45, 2.75) is 6.92 Å². The van der Waals surface area contributed by atoms with Gasteiger partial charge in [0, 0.05) is 16.4 Å². The van der Waals surface area contributed by atoms with Crippen LogP contribution in [0.5, 0.6) is 0 Å². The summed E-state index contributed by atoms with van der Waals surface area (Å²) in [6.45, 7) is 2.07. The van der Waals surface area contributed by atoms with Crippen LogP contribution >= 0.6 is 11.6 Å². The second-order valence-electron chi connectivity index (χ2n) is 4.16. The van der Waals surface area contributed by atoms with Gasteiger partial charge in [-0.05, 0) is 43.3 Å². The van der Waals surface area contributed by atoms with Crippen LogP contribution in [-0.4, -0.2) is 12.6 Å². The Morgan fingerprint density at radius 3 is 2.80 bits per heavy atom. The molecule has 0 atom stereocenters. The Labute approximate surface area is 122 Å². The Balaban J connectivity index is 2.33. The second-order valence-corrected chi connectivity index (χ2v) is 4.60. The summed E-state index contributed by atoms with van der Waals surface area (Å²) in [5.41, 5.74) is 8.03. The van der Waals surface area contributed by atoms with Crippen LogP contribution in [0, 0.1) is 0 Å². The Morgan fingerprint density at radius 2 is 2.10 bits per heavy atom. The molecule has 4 nitrogen and oxygen atoms in total. The van der Waals surface area contributed by atoms with Gasteiger partial charge < -0.3 is 15.8 Å². The molecule has 0 bridgehead atoms. The van der Waals surface area contributed by atoms with Crippen molar-refractivity contribution in [2.75, 3.05) is 17.7 Å². The minimum absolute atomic E-state index is 0.310. The van der Waals surface area contributed by atoms with Gasteiger partial charge >= 0.3 is 5.97 Å². The molecule has 0 unspecified atom stereocenters. The zero-order valence-corrected chi connectivity index (χ0v) is 11.8. The molecule has 20 heavy (non-hydrogen) atoms. The van der Waals surface area contributed by atoms with E-state index >= 15 is 0 Å². The zero-order valence-electron chi connectivity index (χ0n) is 11.0. The quantitative estimate of drug-likeness (QED) is 0.663. The van der Waals surface area contributed by atoms with E-state index in [1.807, 2.05) is 12.1 Å². The number of ether oxygens (including phenoxy) is 1. The number of nitrogens with one attached hydrogen (secondary N) is 1. The van der Waals surface area contributed by atoms with Crippen molar-refractivity contribution in [3.05, 3.63) is 53.1 Å². The average Bonchev–Trinajstić information content (AvgIpc) is 2.41. The molecule has 0 saturated heterocycles. The maximum atomic E-state index is 11.9. The molecule has 0 aromatic heterocycles. The lowest BCUT2D eigenvalue weighted by Crippen LogP contribution is -2.08. The molecule has 3 N–H and O–H groups in total. The van der Waals surface area contributed by atoms with E-state index in [2.05, 4.69) is 5.32 Å². The van der Waals surface area contributed by atoms with Crippen molar-refractivity contribution in [1.29, 1.82) is 0 Å². The lowest BCUT2D eigenvalue weighted by molar-refractivity contribution is 0.0527. The van der Waals surface area contributed by atoms with Crippen molar-refractivity contribution in [2.24, 2.45) is 0 Å². The van der Waals surface area contributed by atoms with E-state index in [0.29, 0.717) is 28.6 Å². The van der Waals surface area contributed by atoms with Gasteiger partial charge in [-0.1, -0.05) is 17.7 Å². The van der Waals surface area contributed by atoms with Gasteiger partial charge in [0.15, 0.2) is 0 Å². The van der Waals surface area contributed by atoms with E-state index < -0.39 is 5.97 Å². The number of hydrogen-bond donors (Lipinski definition) is 2. The molecule has 0 spiro atoms. The molecule has 0 fully saturated rings. The molecule has 0 amide bonds. The molecule has 104 valence electrons. The number of benzene rings is 2. The fourth-order valence-electron chi connectivity index (χ4n) is 1.77. The van der Waals surface area contributed by atoms with Crippen LogP contribution in [-0.2, 0) is 4.74 Å². The predicted octanol–water partition coefficient (Wildman–Crippen LogP) is 3.84. The van der Waals surface area contributed by atoms with Crippen LogP contribution in [0.3, 0.4) is 0 Å². The third-order valence-electron chi connectivity index (χ3n) is 2.64. The molecule has 0 aliphatic rings. The Kier molecular flexibility index (Phi) is 4.48. The summed E-state index contributed by atoms with van der Waals surface area (Å²) in [6.07, 6.45) is 0. The number of nitrogens with two attached hydrogens (primary N) is 1. The number of nitrogen functional groups attached to an aromatic ring is 1. The predicted molar refractivity (Wildman–Crippen MR) is 81.5 cm³/mol. The minimum atomic E-state index is -0.413. The summed E-state index contributed by atoms with van der Waals surface area (Å²) in [5.74, 6) is -0.413. The highest BCUT2D eigenvalue weighted by molar-refractivity contribution is 6.30. The molecular weight excluding hydrogens is 276 g/mol. The third-order valence-corrected chi connectivity index (χ3v) is 2.88. The SMILES string of the molecule is CCOC(=O)c1cc(N)ccc1Nc1cccc(Cl)c1. The lowest BCUT2D eigenvalue weighted by atomic mass is 10.1. The van der Waals surface area contributed by atoms with Gasteiger partial charge in [0.2, 0.25) is 0 Å². The lowest BCUT2D eigenvalue weighted by Gasteiger charge is -2.12. The van der Waals surface area contributed by atoms with Gasteiger partial charge in [0.05, 0.1) is 17.9 Å². The van der Waals surface area contributed by atoms with E-state index in [9.17, 15) is 4.79 Å². The van der Waals surface area contributed by atoms with Crippen molar-refractivity contribution in [3.8, 4) is 0 Å². The van der Waals surface area contributed by atoms with Crippen LogP contribution in [0.2, 0.25) is 5.02 Å². The third kappa shape index (κ3) is 3.42. The summed E-state index contributed by atoms with van der Waals surface area (Å²) in [5, 5.41) is 3.75. The van der Waals surface area contributed by atoms with E-state index in [-0.39, 0.29) is 0 Å². The van der Waals surface area contributed by atoms with Crippen LogP contribution in [0.4, 0.5) is 17.1 Å². The van der Waals surface area contributed by atoms with Gasteiger partial charge in [0.25, 0.3) is 0 Å². The summed E-state index contributed by atoms with van der Waals surface area (Å²) < 4.78 is 5.02. The van der Waals surface area contributed by atoms with Crippen LogP contribution in [0.1, 0.15) is 17.3 Å². The van der Waals surface area contributed by atoms with E-state index in [4.69, 9.17) is 22.1 Å². The first-order valence-electron chi connectivity index (χ1n) is 6.19. The molecule has 0 heterocycles. The molecule has 2 aromatic carbocycles. The number of anilines is 3. The molecule has 2 rings (SSSR count). The fraction of sp³-hybridized carbons (Fsp3) is 0.133. The van der Waals surface area contributed by atoms with Crippen molar-refractivity contribution >= 4 is 34.6 Å². The number of carbonyl (C=O) groups is 1. The maximum absolute atomic E-state index is 11.9. The molecule has 2 aromatic rings. The van der Waals surface area contributed by atoms with E-state index in [1.54, 1.807) is 37.3 Å². The Bertz CT molecular complexity index is 629. The first-order valence-corrected chi connectivity index (χ1v) is 6.57. The molecular formula is C15H15ClN2O2. The monoisotopic (exact) mass is 290 g/mol. The normalized spacial score (nSPS) is 10.1. The zero-order chi connectivity index (χ0) is 14.5. The van der Waals surface area contributed by atoms with Crippen LogP contribution in [0.15, 0.2) is 42.5 Å².